The molecule has 0 saturated carbocycles. The van der Waals surface area contributed by atoms with E-state index < -0.39 is 23.9 Å². The molecule has 0 aromatic rings. The van der Waals surface area contributed by atoms with Crippen LogP contribution in [0, 0.1) is 11.8 Å². The molecule has 0 aliphatic carbocycles. The largest absolute Gasteiger partial charge is 0.478 e. The number of hydrogen-bond acceptors (Lipinski definition) is 8. The summed E-state index contributed by atoms with van der Waals surface area (Å²) in [6.45, 7) is 3.93. The molecule has 2 unspecified atom stereocenters. The minimum atomic E-state index is -1.08. The van der Waals surface area contributed by atoms with E-state index >= 15 is 0 Å². The summed E-state index contributed by atoms with van der Waals surface area (Å²) in [4.78, 5) is 25.0. The lowest BCUT2D eigenvalue weighted by Crippen LogP contribution is -2.35. The summed E-state index contributed by atoms with van der Waals surface area (Å²) in [6.07, 6.45) is 18.3. The number of rotatable bonds is 32. The Bertz CT molecular complexity index is 737. The number of hydrogen-bond donors (Lipinski definition) is 2. The van der Waals surface area contributed by atoms with Crippen molar-refractivity contribution in [1.29, 1.82) is 0 Å². The first kappa shape index (κ1) is 44.4. The number of carboxylic acid groups (broad SMARTS) is 2. The summed E-state index contributed by atoms with van der Waals surface area (Å²) >= 11 is 0. The molecule has 272 valence electrons. The van der Waals surface area contributed by atoms with E-state index in [0.29, 0.717) is 38.5 Å². The predicted octanol–water partition coefficient (Wildman–Crippen LogP) is 8.71. The fraction of sp³-hybridized carbons (Fsp3) is 0.889. The first-order chi connectivity index (χ1) is 22.1. The Kier molecular flexibility index (Phi) is 25.5. The molecule has 0 aromatic heterocycles. The maximum atomic E-state index is 12.5. The van der Waals surface area contributed by atoms with Crippen molar-refractivity contribution in [2.45, 2.75) is 154 Å². The first-order valence-electron chi connectivity index (χ1n) is 17.6. The van der Waals surface area contributed by atoms with Gasteiger partial charge in [-0.15, -0.1) is 0 Å². The van der Waals surface area contributed by atoms with Gasteiger partial charge in [-0.3, -0.25) is 0 Å². The van der Waals surface area contributed by atoms with Crippen molar-refractivity contribution in [1.82, 2.24) is 0 Å². The summed E-state index contributed by atoms with van der Waals surface area (Å²) in [5.41, 5.74) is 0.248. The van der Waals surface area contributed by atoms with E-state index in [1.54, 1.807) is 42.7 Å². The first-order valence-corrected chi connectivity index (χ1v) is 17.6. The average Bonchev–Trinajstić information content (AvgIpc) is 3.06. The van der Waals surface area contributed by atoms with Gasteiger partial charge in [0.1, 0.15) is 0 Å². The van der Waals surface area contributed by atoms with E-state index in [1.807, 2.05) is 13.8 Å². The molecule has 0 rings (SSSR count). The molecule has 0 bridgehead atoms. The summed E-state index contributed by atoms with van der Waals surface area (Å²) in [6, 6.07) is 0. The lowest BCUT2D eigenvalue weighted by atomic mass is 9.80. The molecule has 0 aliphatic heterocycles. The highest BCUT2D eigenvalue weighted by Gasteiger charge is 2.31. The second-order valence-electron chi connectivity index (χ2n) is 12.3. The Morgan fingerprint density at radius 3 is 0.913 bits per heavy atom. The van der Waals surface area contributed by atoms with Crippen LogP contribution in [0.3, 0.4) is 0 Å². The van der Waals surface area contributed by atoms with Gasteiger partial charge in [0.25, 0.3) is 11.9 Å². The normalized spacial score (nSPS) is 14.3. The minimum absolute atomic E-state index is 0.124. The molecule has 10 heteroatoms. The number of ether oxygens (including phenoxy) is 6. The van der Waals surface area contributed by atoms with Gasteiger partial charge in [0, 0.05) is 55.5 Å². The average molecular weight is 661 g/mol. The zero-order valence-corrected chi connectivity index (χ0v) is 30.5. The van der Waals surface area contributed by atoms with Crippen molar-refractivity contribution in [2.75, 3.05) is 42.7 Å². The van der Waals surface area contributed by atoms with Gasteiger partial charge in [-0.25, -0.2) is 9.59 Å². The third-order valence-corrected chi connectivity index (χ3v) is 9.49. The number of carboxylic acids is 2. The number of unbranched alkanes of at least 4 members (excludes halogenated alkanes) is 12. The van der Waals surface area contributed by atoms with Crippen molar-refractivity contribution < 1.29 is 48.2 Å². The Hall–Kier alpha value is -1.56. The fourth-order valence-corrected chi connectivity index (χ4v) is 6.47. The Morgan fingerprint density at radius 1 is 0.457 bits per heavy atom. The molecule has 0 saturated heterocycles. The zero-order valence-electron chi connectivity index (χ0n) is 30.5. The Labute approximate surface area is 279 Å². The second kappa shape index (κ2) is 26.4. The molecule has 0 aromatic carbocycles. The lowest BCUT2D eigenvalue weighted by Gasteiger charge is -2.28. The van der Waals surface area contributed by atoms with Crippen molar-refractivity contribution in [2.24, 2.45) is 11.8 Å². The maximum Gasteiger partial charge on any atom is 0.332 e. The smallest absolute Gasteiger partial charge is 0.332 e. The highest BCUT2D eigenvalue weighted by atomic mass is 16.9. The van der Waals surface area contributed by atoms with E-state index in [-0.39, 0.29) is 23.0 Å². The number of carbonyl (C=O) groups is 2. The molecule has 0 fully saturated rings. The van der Waals surface area contributed by atoms with Crippen LogP contribution in [0.15, 0.2) is 11.1 Å². The zero-order chi connectivity index (χ0) is 34.8. The molecule has 0 amide bonds. The van der Waals surface area contributed by atoms with E-state index in [9.17, 15) is 19.8 Å². The molecule has 46 heavy (non-hydrogen) atoms. The topological polar surface area (TPSA) is 130 Å². The third-order valence-electron chi connectivity index (χ3n) is 9.49. The fourth-order valence-electron chi connectivity index (χ4n) is 6.47. The summed E-state index contributed by atoms with van der Waals surface area (Å²) < 4.78 is 32.1. The minimum Gasteiger partial charge on any atom is -0.478 e. The van der Waals surface area contributed by atoms with Crippen LogP contribution in [0.1, 0.15) is 142 Å². The second-order valence-corrected chi connectivity index (χ2v) is 12.3. The van der Waals surface area contributed by atoms with Crippen LogP contribution in [-0.2, 0) is 38.0 Å². The molecule has 0 heterocycles. The van der Waals surface area contributed by atoms with Crippen molar-refractivity contribution in [3.63, 3.8) is 0 Å². The molecule has 0 radical (unpaired) electrons. The monoisotopic (exact) mass is 660 g/mol. The summed E-state index contributed by atoms with van der Waals surface area (Å²) in [5, 5.41) is 20.4. The molecule has 2 N–H and O–H groups in total. The Balaban J connectivity index is 4.80. The maximum absolute atomic E-state index is 12.5. The van der Waals surface area contributed by atoms with Crippen LogP contribution < -0.4 is 0 Å². The van der Waals surface area contributed by atoms with Gasteiger partial charge in [0.05, 0.1) is 11.1 Å². The summed E-state index contributed by atoms with van der Waals surface area (Å²) in [5.74, 6) is -4.61. The molecule has 0 aliphatic rings. The van der Waals surface area contributed by atoms with Gasteiger partial charge in [-0.1, -0.05) is 90.9 Å². The van der Waals surface area contributed by atoms with Crippen molar-refractivity contribution >= 4 is 11.9 Å². The number of aliphatic carboxylic acids is 2. The van der Waals surface area contributed by atoms with Gasteiger partial charge in [0.15, 0.2) is 0 Å². The Morgan fingerprint density at radius 2 is 0.696 bits per heavy atom. The summed E-state index contributed by atoms with van der Waals surface area (Å²) in [7, 11) is 9.47. The standard InChI is InChI=1S/C36H68O10/c1-9-29(25-21-17-13-11-15-19-23-27-35(41-3,42-4)43-5)31(33(37)38)32(34(39)40)30(10-2)26-22-18-14-12-16-20-24-28-36(44-6,45-7)46-8/h29-30H,9-28H2,1-8H3,(H,37,38)(H,39,40)/b32-31+. The van der Waals surface area contributed by atoms with Crippen LogP contribution in [-0.4, -0.2) is 76.8 Å². The molecular formula is C36H68O10. The van der Waals surface area contributed by atoms with Crippen LogP contribution in [0.2, 0.25) is 0 Å². The van der Waals surface area contributed by atoms with Crippen molar-refractivity contribution in [3.8, 4) is 0 Å². The highest BCUT2D eigenvalue weighted by molar-refractivity contribution is 5.99. The van der Waals surface area contributed by atoms with Gasteiger partial charge in [0.2, 0.25) is 0 Å². The molecule has 10 nitrogen and oxygen atoms in total. The van der Waals surface area contributed by atoms with E-state index in [2.05, 4.69) is 0 Å². The van der Waals surface area contributed by atoms with E-state index in [0.717, 1.165) is 89.9 Å². The van der Waals surface area contributed by atoms with Gasteiger partial charge in [-0.2, -0.15) is 0 Å². The van der Waals surface area contributed by atoms with E-state index in [4.69, 9.17) is 28.4 Å². The van der Waals surface area contributed by atoms with Crippen LogP contribution in [0.5, 0.6) is 0 Å². The number of methoxy groups -OCH3 is 6. The quantitative estimate of drug-likeness (QED) is 0.0410. The van der Waals surface area contributed by atoms with Crippen molar-refractivity contribution in [3.05, 3.63) is 11.1 Å². The van der Waals surface area contributed by atoms with Gasteiger partial charge < -0.3 is 38.6 Å². The third kappa shape index (κ3) is 16.5. The van der Waals surface area contributed by atoms with Crippen LogP contribution in [0.4, 0.5) is 0 Å². The van der Waals surface area contributed by atoms with E-state index in [1.165, 1.54) is 0 Å². The van der Waals surface area contributed by atoms with Crippen LogP contribution >= 0.6 is 0 Å². The SMILES string of the molecule is CCC(CCCCCCCCCC(OC)(OC)OC)/C(C(=O)O)=C(\C(=O)O)C(CC)CCCCCCCCCC(OC)(OC)OC. The van der Waals surface area contributed by atoms with Gasteiger partial charge in [-0.05, 0) is 50.4 Å². The predicted molar refractivity (Wildman–Crippen MR) is 180 cm³/mol. The van der Waals surface area contributed by atoms with Gasteiger partial charge >= 0.3 is 11.9 Å². The molecular weight excluding hydrogens is 592 g/mol. The molecule has 2 atom stereocenters. The lowest BCUT2D eigenvalue weighted by molar-refractivity contribution is -0.355. The highest BCUT2D eigenvalue weighted by Crippen LogP contribution is 2.33. The van der Waals surface area contributed by atoms with Crippen LogP contribution in [0.25, 0.3) is 0 Å². The molecule has 0 spiro atoms.